The van der Waals surface area contributed by atoms with Crippen LogP contribution in [0.4, 0.5) is 0 Å². The minimum Gasteiger partial charge on any atom is -1.00 e. The van der Waals surface area contributed by atoms with Gasteiger partial charge >= 0.3 is 0 Å². The van der Waals surface area contributed by atoms with Gasteiger partial charge in [0.1, 0.15) is 27.2 Å². The second kappa shape index (κ2) is 7.22. The summed E-state index contributed by atoms with van der Waals surface area (Å²) in [7, 11) is 0. The highest BCUT2D eigenvalue weighted by Gasteiger charge is 2.44. The Labute approximate surface area is 141 Å². The molecule has 0 unspecified atom stereocenters. The van der Waals surface area contributed by atoms with Crippen LogP contribution in [-0.2, 0) is 0 Å². The molecule has 0 heterocycles. The summed E-state index contributed by atoms with van der Waals surface area (Å²) >= 11 is 7.23. The fourth-order valence-corrected chi connectivity index (χ4v) is 6.00. The zero-order valence-electron chi connectivity index (χ0n) is 11.4. The first-order valence-electron chi connectivity index (χ1n) is 6.57. The summed E-state index contributed by atoms with van der Waals surface area (Å²) in [6, 6.07) is 31.2. The van der Waals surface area contributed by atoms with Crippen LogP contribution in [0, 0.1) is 0 Å². The summed E-state index contributed by atoms with van der Waals surface area (Å²) in [5.41, 5.74) is 0. The molecule has 0 N–H and O–H groups in total. The molecule has 0 spiro atoms. The fourth-order valence-electron chi connectivity index (χ4n) is 2.35. The second-order valence-electron chi connectivity index (χ2n) is 4.60. The fraction of sp³-hybridized carbons (Fsp3) is 0. The lowest BCUT2D eigenvalue weighted by Gasteiger charge is -2.18. The molecule has 0 atom stereocenters. The Balaban J connectivity index is 0.00000161. The van der Waals surface area contributed by atoms with Crippen molar-refractivity contribution >= 4 is 33.8 Å². The minimum atomic E-state index is -2.05. The van der Waals surface area contributed by atoms with Gasteiger partial charge in [0.2, 0.25) is 6.62 Å². The lowest BCUT2D eigenvalue weighted by molar-refractivity contribution is -0.00000372. The van der Waals surface area contributed by atoms with E-state index in [1.54, 1.807) is 0 Å². The lowest BCUT2D eigenvalue weighted by atomic mass is 10.4. The van der Waals surface area contributed by atoms with E-state index in [9.17, 15) is 0 Å². The molecule has 3 aromatic rings. The van der Waals surface area contributed by atoms with Crippen molar-refractivity contribution < 1.29 is 17.0 Å². The van der Waals surface area contributed by atoms with Gasteiger partial charge in [0, 0.05) is 0 Å². The molecular weight excluding hydrogens is 363 g/mol. The molecule has 0 nitrogen and oxygen atoms in total. The maximum atomic E-state index is 7.23. The predicted octanol–water partition coefficient (Wildman–Crippen LogP) is 1.14. The molecule has 0 radical (unpaired) electrons. The van der Waals surface area contributed by atoms with Gasteiger partial charge in [-0.05, 0) is 36.4 Å². The van der Waals surface area contributed by atoms with E-state index in [0.717, 1.165) is 0 Å². The van der Waals surface area contributed by atoms with E-state index in [4.69, 9.17) is 11.2 Å². The van der Waals surface area contributed by atoms with Crippen molar-refractivity contribution in [2.24, 2.45) is 0 Å². The second-order valence-corrected chi connectivity index (χ2v) is 8.84. The maximum Gasteiger partial charge on any atom is 0.210 e. The monoisotopic (exact) mass is 376 g/mol. The first-order chi connectivity index (χ1) is 9.82. The number of benzene rings is 3. The number of rotatable bonds is 3. The average Bonchev–Trinajstić information content (AvgIpc) is 2.56. The Kier molecular flexibility index (Phi) is 5.58. The Morgan fingerprint density at radius 2 is 0.714 bits per heavy atom. The van der Waals surface area contributed by atoms with Crippen molar-refractivity contribution in [3.63, 3.8) is 0 Å². The number of hydrogen-bond donors (Lipinski definition) is 0. The van der Waals surface area contributed by atoms with Crippen LogP contribution in [0.25, 0.3) is 0 Å². The molecule has 3 rings (SSSR count). The highest BCUT2D eigenvalue weighted by atomic mass is 79.9. The summed E-state index contributed by atoms with van der Waals surface area (Å²) in [6.07, 6.45) is 0. The van der Waals surface area contributed by atoms with Crippen molar-refractivity contribution in [2.75, 3.05) is 0 Å². The van der Waals surface area contributed by atoms with Gasteiger partial charge in [-0.2, -0.15) is 0 Å². The average molecular weight is 378 g/mol. The molecule has 0 aliphatic rings. The van der Waals surface area contributed by atoms with Crippen molar-refractivity contribution in [2.45, 2.75) is 0 Å². The van der Waals surface area contributed by atoms with Crippen LogP contribution in [0.15, 0.2) is 91.0 Å². The molecule has 0 fully saturated rings. The molecule has 3 heteroatoms. The summed E-state index contributed by atoms with van der Waals surface area (Å²) in [5.74, 6) is 0. The van der Waals surface area contributed by atoms with Crippen LogP contribution in [0.5, 0.6) is 0 Å². The zero-order chi connectivity index (χ0) is 13.8. The van der Waals surface area contributed by atoms with E-state index < -0.39 is 6.62 Å². The Morgan fingerprint density at radius 3 is 0.952 bits per heavy atom. The number of halogens is 2. The number of hydrogen-bond acceptors (Lipinski definition) is 0. The summed E-state index contributed by atoms with van der Waals surface area (Å²) < 4.78 is 0. The van der Waals surface area contributed by atoms with Crippen molar-refractivity contribution in [1.82, 2.24) is 0 Å². The van der Waals surface area contributed by atoms with Crippen molar-refractivity contribution in [3.05, 3.63) is 91.0 Å². The van der Waals surface area contributed by atoms with Gasteiger partial charge in [-0.15, -0.1) is 0 Å². The van der Waals surface area contributed by atoms with Gasteiger partial charge in [0.05, 0.1) is 0 Å². The minimum absolute atomic E-state index is 0. The van der Waals surface area contributed by atoms with Crippen molar-refractivity contribution in [1.29, 1.82) is 0 Å². The highest BCUT2D eigenvalue weighted by Crippen LogP contribution is 2.60. The SMILES string of the molecule is Cl[P+](c1ccccc1)(c1ccccc1)c1ccccc1.[Br-]. The molecule has 0 aromatic heterocycles. The van der Waals surface area contributed by atoms with Crippen LogP contribution < -0.4 is 32.9 Å². The molecule has 106 valence electrons. The van der Waals surface area contributed by atoms with Gasteiger partial charge < -0.3 is 17.0 Å². The van der Waals surface area contributed by atoms with Crippen LogP contribution in [0.2, 0.25) is 0 Å². The molecule has 3 aromatic carbocycles. The van der Waals surface area contributed by atoms with Crippen molar-refractivity contribution in [3.8, 4) is 0 Å². The van der Waals surface area contributed by atoms with E-state index in [1.165, 1.54) is 15.9 Å². The largest absolute Gasteiger partial charge is 1.00 e. The quantitative estimate of drug-likeness (QED) is 0.601. The van der Waals surface area contributed by atoms with E-state index in [-0.39, 0.29) is 17.0 Å². The summed E-state index contributed by atoms with van der Waals surface area (Å²) in [4.78, 5) is 0. The van der Waals surface area contributed by atoms with Crippen LogP contribution in [-0.4, -0.2) is 0 Å². The first-order valence-corrected chi connectivity index (χ1v) is 9.27. The van der Waals surface area contributed by atoms with Crippen LogP contribution >= 0.6 is 17.9 Å². The highest BCUT2D eigenvalue weighted by molar-refractivity contribution is 8.14. The third-order valence-electron chi connectivity index (χ3n) is 3.34. The smallest absolute Gasteiger partial charge is 0.210 e. The van der Waals surface area contributed by atoms with Gasteiger partial charge in [-0.1, -0.05) is 54.6 Å². The zero-order valence-corrected chi connectivity index (χ0v) is 14.6. The van der Waals surface area contributed by atoms with Gasteiger partial charge in [0.15, 0.2) is 0 Å². The van der Waals surface area contributed by atoms with E-state index in [1.807, 2.05) is 18.2 Å². The van der Waals surface area contributed by atoms with E-state index in [0.29, 0.717) is 0 Å². The standard InChI is InChI=1S/C18H15ClP.BrH/c19-20(16-10-4-1-5-11-16,17-12-6-2-7-13-17)18-14-8-3-9-15-18;/h1-15H;1H/q+1;/p-1. The maximum absolute atomic E-state index is 7.23. The molecule has 0 amide bonds. The lowest BCUT2D eigenvalue weighted by Crippen LogP contribution is -3.00. The molecule has 0 aliphatic carbocycles. The molecule has 0 saturated carbocycles. The third-order valence-corrected chi connectivity index (χ3v) is 8.12. The first kappa shape index (κ1) is 16.2. The predicted molar refractivity (Wildman–Crippen MR) is 91.0 cm³/mol. The Bertz CT molecular complexity index is 575. The summed E-state index contributed by atoms with van der Waals surface area (Å²) in [5, 5.41) is 3.58. The molecule has 21 heavy (non-hydrogen) atoms. The van der Waals surface area contributed by atoms with Gasteiger partial charge in [-0.3, -0.25) is 0 Å². The Morgan fingerprint density at radius 1 is 0.476 bits per heavy atom. The topological polar surface area (TPSA) is 0 Å². The van der Waals surface area contributed by atoms with Crippen LogP contribution in [0.1, 0.15) is 0 Å². The normalized spacial score (nSPS) is 10.7. The van der Waals surface area contributed by atoms with E-state index in [2.05, 4.69) is 72.8 Å². The Hall–Kier alpha value is -1.14. The molecule has 0 bridgehead atoms. The third kappa shape index (κ3) is 3.21. The van der Waals surface area contributed by atoms with Gasteiger partial charge in [-0.25, -0.2) is 0 Å². The molecule has 0 aliphatic heterocycles. The molecular formula is C18H15BrClP. The van der Waals surface area contributed by atoms with E-state index >= 15 is 0 Å². The summed E-state index contributed by atoms with van der Waals surface area (Å²) in [6.45, 7) is -2.05. The van der Waals surface area contributed by atoms with Crippen LogP contribution in [0.3, 0.4) is 0 Å². The van der Waals surface area contributed by atoms with Gasteiger partial charge in [0.25, 0.3) is 0 Å². The molecule has 0 saturated heterocycles.